The molecule has 0 saturated heterocycles. The minimum atomic E-state index is -1.27. The Morgan fingerprint density at radius 2 is 2.13 bits per heavy atom. The maximum atomic E-state index is 13.3. The van der Waals surface area contributed by atoms with Crippen LogP contribution in [-0.2, 0) is 0 Å². The van der Waals surface area contributed by atoms with Gasteiger partial charge in [-0.05, 0) is 6.07 Å². The number of fused-ring (bicyclic) bond motifs is 1. The molecule has 15 heavy (non-hydrogen) atoms. The molecule has 1 aromatic carbocycles. The second kappa shape index (κ2) is 3.31. The number of hydrogen-bond acceptors (Lipinski definition) is 3. The molecule has 3 nitrogen and oxygen atoms in total. The zero-order chi connectivity index (χ0) is 11.0. The summed E-state index contributed by atoms with van der Waals surface area (Å²) in [6.07, 6.45) is 0.114. The Morgan fingerprint density at radius 3 is 2.80 bits per heavy atom. The number of halogens is 2. The molecule has 0 amide bonds. The SMILES string of the molecule is N#Cc1cc2c(c(F)c1F)OCCC2=O. The van der Waals surface area contributed by atoms with Gasteiger partial charge in [0.2, 0.25) is 5.82 Å². The van der Waals surface area contributed by atoms with E-state index in [2.05, 4.69) is 0 Å². The predicted octanol–water partition coefficient (Wildman–Crippen LogP) is 1.80. The number of nitrogens with zero attached hydrogens (tertiary/aromatic N) is 1. The van der Waals surface area contributed by atoms with Crippen molar-refractivity contribution in [2.45, 2.75) is 6.42 Å². The molecule has 76 valence electrons. The Labute approximate surface area is 83.9 Å². The molecule has 1 aliphatic heterocycles. The lowest BCUT2D eigenvalue weighted by atomic mass is 10.0. The number of ether oxygens (including phenoxy) is 1. The summed E-state index contributed by atoms with van der Waals surface area (Å²) < 4.78 is 31.3. The second-order valence-corrected chi connectivity index (χ2v) is 3.06. The number of Topliss-reactive ketones (excluding diaryl/α,β-unsaturated/α-hetero) is 1. The summed E-state index contributed by atoms with van der Waals surface area (Å²) in [7, 11) is 0. The lowest BCUT2D eigenvalue weighted by Gasteiger charge is -2.17. The first kappa shape index (κ1) is 9.59. The van der Waals surface area contributed by atoms with Crippen molar-refractivity contribution in [3.05, 3.63) is 28.8 Å². The number of nitriles is 1. The van der Waals surface area contributed by atoms with Gasteiger partial charge >= 0.3 is 0 Å². The van der Waals surface area contributed by atoms with E-state index in [1.54, 1.807) is 0 Å². The van der Waals surface area contributed by atoms with Crippen LogP contribution in [0.1, 0.15) is 22.3 Å². The summed E-state index contributed by atoms with van der Waals surface area (Å²) in [5.41, 5.74) is -0.540. The predicted molar refractivity (Wildman–Crippen MR) is 45.5 cm³/mol. The van der Waals surface area contributed by atoms with Crippen LogP contribution in [0.25, 0.3) is 0 Å². The van der Waals surface area contributed by atoms with Gasteiger partial charge in [0, 0.05) is 6.42 Å². The Balaban J connectivity index is 2.73. The van der Waals surface area contributed by atoms with Gasteiger partial charge in [-0.3, -0.25) is 4.79 Å². The van der Waals surface area contributed by atoms with Crippen molar-refractivity contribution in [2.75, 3.05) is 6.61 Å². The first-order chi connectivity index (χ1) is 7.15. The lowest BCUT2D eigenvalue weighted by Crippen LogP contribution is -2.17. The highest BCUT2D eigenvalue weighted by Gasteiger charge is 2.26. The Bertz CT molecular complexity index is 491. The van der Waals surface area contributed by atoms with Gasteiger partial charge in [-0.15, -0.1) is 0 Å². The molecule has 0 unspecified atom stereocenters. The first-order valence-electron chi connectivity index (χ1n) is 4.23. The molecule has 0 spiro atoms. The number of carbonyl (C=O) groups is 1. The van der Waals surface area contributed by atoms with E-state index in [0.717, 1.165) is 6.07 Å². The molecule has 1 heterocycles. The second-order valence-electron chi connectivity index (χ2n) is 3.06. The van der Waals surface area contributed by atoms with Crippen LogP contribution in [0.5, 0.6) is 5.75 Å². The van der Waals surface area contributed by atoms with Crippen molar-refractivity contribution in [2.24, 2.45) is 0 Å². The van der Waals surface area contributed by atoms with E-state index in [1.807, 2.05) is 0 Å². The fourth-order valence-electron chi connectivity index (χ4n) is 1.42. The number of carbonyl (C=O) groups excluding carboxylic acids is 1. The number of benzene rings is 1. The van der Waals surface area contributed by atoms with E-state index in [-0.39, 0.29) is 30.1 Å². The van der Waals surface area contributed by atoms with Crippen LogP contribution >= 0.6 is 0 Å². The molecular formula is C10H5F2NO2. The summed E-state index contributed by atoms with van der Waals surface area (Å²) >= 11 is 0. The van der Waals surface area contributed by atoms with Gasteiger partial charge in [0.05, 0.1) is 17.7 Å². The molecule has 1 aliphatic rings. The topological polar surface area (TPSA) is 50.1 Å². The smallest absolute Gasteiger partial charge is 0.202 e. The van der Waals surface area contributed by atoms with Crippen molar-refractivity contribution in [3.63, 3.8) is 0 Å². The van der Waals surface area contributed by atoms with E-state index in [1.165, 1.54) is 6.07 Å². The third-order valence-electron chi connectivity index (χ3n) is 2.16. The van der Waals surface area contributed by atoms with Crippen LogP contribution in [0.4, 0.5) is 8.78 Å². The van der Waals surface area contributed by atoms with Gasteiger partial charge in [0.25, 0.3) is 0 Å². The monoisotopic (exact) mass is 209 g/mol. The summed E-state index contributed by atoms with van der Waals surface area (Å²) in [5, 5.41) is 8.52. The van der Waals surface area contributed by atoms with E-state index in [0.29, 0.717) is 0 Å². The number of rotatable bonds is 0. The van der Waals surface area contributed by atoms with E-state index < -0.39 is 17.2 Å². The van der Waals surface area contributed by atoms with Crippen molar-refractivity contribution >= 4 is 5.78 Å². The molecule has 2 rings (SSSR count). The van der Waals surface area contributed by atoms with Crippen LogP contribution in [0.3, 0.4) is 0 Å². The fraction of sp³-hybridized carbons (Fsp3) is 0.200. The molecule has 0 atom stereocenters. The average molecular weight is 209 g/mol. The van der Waals surface area contributed by atoms with Crippen LogP contribution < -0.4 is 4.74 Å². The highest BCUT2D eigenvalue weighted by Crippen LogP contribution is 2.31. The molecule has 0 aromatic heterocycles. The summed E-state index contributed by atoms with van der Waals surface area (Å²) in [4.78, 5) is 11.3. The van der Waals surface area contributed by atoms with Crippen LogP contribution in [0.2, 0.25) is 0 Å². The maximum absolute atomic E-state index is 13.3. The number of ketones is 1. The third-order valence-corrected chi connectivity index (χ3v) is 2.16. The minimum absolute atomic E-state index is 0.0358. The molecule has 0 fully saturated rings. The zero-order valence-corrected chi connectivity index (χ0v) is 7.51. The van der Waals surface area contributed by atoms with Gasteiger partial charge in [-0.25, -0.2) is 4.39 Å². The highest BCUT2D eigenvalue weighted by molar-refractivity contribution is 6.00. The van der Waals surface area contributed by atoms with Gasteiger partial charge in [-0.2, -0.15) is 9.65 Å². The Hall–Kier alpha value is -1.96. The molecule has 0 saturated carbocycles. The largest absolute Gasteiger partial charge is 0.489 e. The van der Waals surface area contributed by atoms with Gasteiger partial charge in [-0.1, -0.05) is 0 Å². The molecule has 0 aliphatic carbocycles. The van der Waals surface area contributed by atoms with Crippen molar-refractivity contribution in [1.82, 2.24) is 0 Å². The van der Waals surface area contributed by atoms with E-state index >= 15 is 0 Å². The highest BCUT2D eigenvalue weighted by atomic mass is 19.2. The first-order valence-corrected chi connectivity index (χ1v) is 4.23. The molecule has 0 bridgehead atoms. The molecular weight excluding hydrogens is 204 g/mol. The Morgan fingerprint density at radius 1 is 1.40 bits per heavy atom. The maximum Gasteiger partial charge on any atom is 0.202 e. The van der Waals surface area contributed by atoms with Crippen LogP contribution in [-0.4, -0.2) is 12.4 Å². The average Bonchev–Trinajstić information content (AvgIpc) is 2.24. The summed E-state index contributed by atoms with van der Waals surface area (Å²) in [6, 6.07) is 2.51. The summed E-state index contributed by atoms with van der Waals surface area (Å²) in [6.45, 7) is 0.0358. The quantitative estimate of drug-likeness (QED) is 0.654. The Kier molecular flexibility index (Phi) is 2.12. The van der Waals surface area contributed by atoms with Gasteiger partial charge in [0.1, 0.15) is 6.07 Å². The van der Waals surface area contributed by atoms with E-state index in [4.69, 9.17) is 10.00 Å². The lowest BCUT2D eigenvalue weighted by molar-refractivity contribution is 0.0928. The zero-order valence-electron chi connectivity index (χ0n) is 7.51. The minimum Gasteiger partial charge on any atom is -0.489 e. The summed E-state index contributed by atoms with van der Waals surface area (Å²) in [5.74, 6) is -3.27. The molecule has 0 radical (unpaired) electrons. The molecule has 1 aromatic rings. The van der Waals surface area contributed by atoms with Gasteiger partial charge in [0.15, 0.2) is 17.3 Å². The van der Waals surface area contributed by atoms with Crippen molar-refractivity contribution in [1.29, 1.82) is 5.26 Å². The van der Waals surface area contributed by atoms with Gasteiger partial charge < -0.3 is 4.74 Å². The van der Waals surface area contributed by atoms with Crippen molar-refractivity contribution in [3.8, 4) is 11.8 Å². The normalized spacial score (nSPS) is 14.1. The standard InChI is InChI=1S/C10H5F2NO2/c11-8-5(4-13)3-6-7(14)1-2-15-10(6)9(8)12/h3H,1-2H2. The molecule has 0 N–H and O–H groups in total. The molecule has 5 heteroatoms. The van der Waals surface area contributed by atoms with Crippen molar-refractivity contribution < 1.29 is 18.3 Å². The van der Waals surface area contributed by atoms with Crippen LogP contribution in [0.15, 0.2) is 6.07 Å². The third kappa shape index (κ3) is 1.34. The van der Waals surface area contributed by atoms with E-state index in [9.17, 15) is 13.6 Å². The number of hydrogen-bond donors (Lipinski definition) is 0. The van der Waals surface area contributed by atoms with Crippen LogP contribution in [0, 0.1) is 23.0 Å². The fourth-order valence-corrected chi connectivity index (χ4v) is 1.42.